The Morgan fingerprint density at radius 2 is 1.84 bits per heavy atom. The van der Waals surface area contributed by atoms with Crippen molar-refractivity contribution >= 4 is 44.5 Å². The Morgan fingerprint density at radius 3 is 2.56 bits per heavy atom. The number of carbonyl (C=O) groups excluding carboxylic acids is 2. The maximum Gasteiger partial charge on any atom is 0.276 e. The number of amides is 2. The van der Waals surface area contributed by atoms with E-state index in [0.29, 0.717) is 11.2 Å². The Balaban J connectivity index is 1.59. The van der Waals surface area contributed by atoms with Crippen molar-refractivity contribution in [3.63, 3.8) is 0 Å². The molecular formula is C22H23ClN4O4S. The van der Waals surface area contributed by atoms with Gasteiger partial charge >= 0.3 is 0 Å². The van der Waals surface area contributed by atoms with E-state index in [1.807, 2.05) is 0 Å². The second-order valence-electron chi connectivity index (χ2n) is 7.93. The monoisotopic (exact) mass is 474 g/mol. The average molecular weight is 475 g/mol. The maximum absolute atomic E-state index is 12.9. The molecule has 32 heavy (non-hydrogen) atoms. The second-order valence-corrected chi connectivity index (χ2v) is 10.2. The summed E-state index contributed by atoms with van der Waals surface area (Å²) in [6.07, 6.45) is 7.80. The molecule has 1 aliphatic rings. The van der Waals surface area contributed by atoms with Crippen molar-refractivity contribution in [3.05, 3.63) is 58.9 Å². The Bertz CT molecular complexity index is 1300. The molecule has 1 aliphatic carbocycles. The summed E-state index contributed by atoms with van der Waals surface area (Å²) in [5.74, 6) is -0.880. The number of aromatic nitrogens is 2. The Hall–Kier alpha value is -2.91. The minimum Gasteiger partial charge on any atom is -0.349 e. The van der Waals surface area contributed by atoms with E-state index in [4.69, 9.17) is 11.6 Å². The SMILES string of the molecule is CS(=O)(=O)c1nc(C(=O)Nc2ccc(Cl)c(C(=O)NC3CCCCC3)c2)c2ccccn12. The maximum atomic E-state index is 12.9. The molecule has 3 aromatic rings. The van der Waals surface area contributed by atoms with Gasteiger partial charge in [0.2, 0.25) is 15.0 Å². The summed E-state index contributed by atoms with van der Waals surface area (Å²) in [7, 11) is -3.65. The fourth-order valence-corrected chi connectivity index (χ4v) is 4.89. The highest BCUT2D eigenvalue weighted by atomic mass is 35.5. The van der Waals surface area contributed by atoms with Gasteiger partial charge < -0.3 is 10.6 Å². The molecule has 0 unspecified atom stereocenters. The van der Waals surface area contributed by atoms with E-state index in [2.05, 4.69) is 15.6 Å². The second kappa shape index (κ2) is 8.91. The molecule has 168 valence electrons. The molecule has 0 radical (unpaired) electrons. The minimum atomic E-state index is -3.65. The van der Waals surface area contributed by atoms with Crippen molar-refractivity contribution in [1.82, 2.24) is 14.7 Å². The highest BCUT2D eigenvalue weighted by Gasteiger charge is 2.23. The third kappa shape index (κ3) is 4.63. The molecule has 2 N–H and O–H groups in total. The van der Waals surface area contributed by atoms with E-state index < -0.39 is 15.7 Å². The number of sulfone groups is 1. The molecule has 2 aromatic heterocycles. The van der Waals surface area contributed by atoms with Crippen LogP contribution in [0.25, 0.3) is 5.52 Å². The standard InChI is InChI=1S/C22H23ClN4O4S/c1-32(30,31)22-26-19(18-9-5-6-12-27(18)22)21(29)25-15-10-11-17(23)16(13-15)20(28)24-14-7-3-2-4-8-14/h5-6,9-14H,2-4,7-8H2,1H3,(H,24,28)(H,25,29). The number of hydrogen-bond acceptors (Lipinski definition) is 5. The van der Waals surface area contributed by atoms with E-state index in [1.54, 1.807) is 30.3 Å². The molecule has 0 spiro atoms. The number of nitrogens with zero attached hydrogens (tertiary/aromatic N) is 2. The largest absolute Gasteiger partial charge is 0.349 e. The van der Waals surface area contributed by atoms with Gasteiger partial charge in [-0.25, -0.2) is 13.4 Å². The Morgan fingerprint density at radius 1 is 1.09 bits per heavy atom. The third-order valence-corrected chi connectivity index (χ3v) is 6.75. The summed E-state index contributed by atoms with van der Waals surface area (Å²) in [6, 6.07) is 9.71. The molecule has 1 aromatic carbocycles. The normalized spacial score (nSPS) is 14.9. The summed E-state index contributed by atoms with van der Waals surface area (Å²) < 4.78 is 25.5. The number of carbonyl (C=O) groups is 2. The number of nitrogens with one attached hydrogen (secondary N) is 2. The van der Waals surface area contributed by atoms with Crippen LogP contribution in [0, 0.1) is 0 Å². The van der Waals surface area contributed by atoms with Crippen LogP contribution in [-0.2, 0) is 9.84 Å². The number of hydrogen-bond donors (Lipinski definition) is 2. The predicted octanol–water partition coefficient (Wildman–Crippen LogP) is 3.71. The molecule has 1 fully saturated rings. The molecule has 2 amide bonds. The van der Waals surface area contributed by atoms with Gasteiger partial charge in [0.15, 0.2) is 5.69 Å². The summed E-state index contributed by atoms with van der Waals surface area (Å²) >= 11 is 6.24. The molecule has 0 bridgehead atoms. The molecule has 2 heterocycles. The average Bonchev–Trinajstić information content (AvgIpc) is 3.16. The first kappa shape index (κ1) is 22.3. The van der Waals surface area contributed by atoms with Gasteiger partial charge in [-0.3, -0.25) is 14.0 Å². The Kier molecular flexibility index (Phi) is 6.21. The van der Waals surface area contributed by atoms with Gasteiger partial charge in [-0.2, -0.15) is 0 Å². The van der Waals surface area contributed by atoms with Gasteiger partial charge in [0.05, 0.1) is 16.1 Å². The molecule has 0 atom stereocenters. The van der Waals surface area contributed by atoms with Gasteiger partial charge in [-0.1, -0.05) is 36.9 Å². The molecule has 0 aliphatic heterocycles. The van der Waals surface area contributed by atoms with Crippen molar-refractivity contribution in [2.45, 2.75) is 43.3 Å². The molecule has 4 rings (SSSR count). The summed E-state index contributed by atoms with van der Waals surface area (Å²) in [5.41, 5.74) is 0.941. The lowest BCUT2D eigenvalue weighted by molar-refractivity contribution is 0.0926. The quantitative estimate of drug-likeness (QED) is 0.585. The van der Waals surface area contributed by atoms with E-state index in [1.165, 1.54) is 23.1 Å². The summed E-state index contributed by atoms with van der Waals surface area (Å²) in [4.78, 5) is 29.7. The van der Waals surface area contributed by atoms with Crippen LogP contribution in [0.5, 0.6) is 0 Å². The first-order valence-electron chi connectivity index (χ1n) is 10.3. The molecule has 10 heteroatoms. The number of imidazole rings is 1. The molecular weight excluding hydrogens is 452 g/mol. The van der Waals surface area contributed by atoms with E-state index in [9.17, 15) is 18.0 Å². The summed E-state index contributed by atoms with van der Waals surface area (Å²) in [6.45, 7) is 0. The van der Waals surface area contributed by atoms with Crippen molar-refractivity contribution in [1.29, 1.82) is 0 Å². The molecule has 1 saturated carbocycles. The molecule has 0 saturated heterocycles. The van der Waals surface area contributed by atoms with Crippen LogP contribution >= 0.6 is 11.6 Å². The van der Waals surface area contributed by atoms with Gasteiger partial charge in [0.25, 0.3) is 11.8 Å². The van der Waals surface area contributed by atoms with Crippen molar-refractivity contribution in [2.75, 3.05) is 11.6 Å². The number of benzene rings is 1. The lowest BCUT2D eigenvalue weighted by atomic mass is 9.95. The number of anilines is 1. The van der Waals surface area contributed by atoms with Crippen LogP contribution in [-0.4, -0.2) is 41.9 Å². The number of rotatable bonds is 5. The summed E-state index contributed by atoms with van der Waals surface area (Å²) in [5, 5.41) is 5.77. The molecule has 8 nitrogen and oxygen atoms in total. The topological polar surface area (TPSA) is 110 Å². The Labute approximate surface area is 190 Å². The zero-order valence-corrected chi connectivity index (χ0v) is 19.0. The smallest absolute Gasteiger partial charge is 0.276 e. The first-order chi connectivity index (χ1) is 15.2. The fourth-order valence-electron chi connectivity index (χ4n) is 3.92. The van der Waals surface area contributed by atoms with Crippen molar-refractivity contribution < 1.29 is 18.0 Å². The number of pyridine rings is 1. The van der Waals surface area contributed by atoms with E-state index >= 15 is 0 Å². The van der Waals surface area contributed by atoms with Crippen LogP contribution in [0.1, 0.15) is 53.0 Å². The first-order valence-corrected chi connectivity index (χ1v) is 12.6. The predicted molar refractivity (Wildman–Crippen MR) is 122 cm³/mol. The highest BCUT2D eigenvalue weighted by molar-refractivity contribution is 7.90. The number of halogens is 1. The van der Waals surface area contributed by atoms with Gasteiger partial charge in [-0.05, 0) is 43.2 Å². The highest BCUT2D eigenvalue weighted by Crippen LogP contribution is 2.24. The van der Waals surface area contributed by atoms with Crippen LogP contribution in [0.15, 0.2) is 47.8 Å². The zero-order chi connectivity index (χ0) is 22.9. The third-order valence-electron chi connectivity index (χ3n) is 5.47. The zero-order valence-electron chi connectivity index (χ0n) is 17.5. The van der Waals surface area contributed by atoms with Gasteiger partial charge in [0.1, 0.15) is 0 Å². The lowest BCUT2D eigenvalue weighted by Gasteiger charge is -2.23. The van der Waals surface area contributed by atoms with E-state index in [-0.39, 0.29) is 33.4 Å². The fraction of sp³-hybridized carbons (Fsp3) is 0.318. The van der Waals surface area contributed by atoms with E-state index in [0.717, 1.165) is 31.9 Å². The number of fused-ring (bicyclic) bond motifs is 1. The van der Waals surface area contributed by atoms with Crippen LogP contribution in [0.2, 0.25) is 5.02 Å². The van der Waals surface area contributed by atoms with Crippen molar-refractivity contribution in [2.24, 2.45) is 0 Å². The van der Waals surface area contributed by atoms with Crippen molar-refractivity contribution in [3.8, 4) is 0 Å². The van der Waals surface area contributed by atoms with Crippen LogP contribution < -0.4 is 10.6 Å². The lowest BCUT2D eigenvalue weighted by Crippen LogP contribution is -2.36. The van der Waals surface area contributed by atoms with Gasteiger partial charge in [-0.15, -0.1) is 0 Å². The van der Waals surface area contributed by atoms with Gasteiger partial charge in [0, 0.05) is 24.2 Å². The van der Waals surface area contributed by atoms with Crippen LogP contribution in [0.4, 0.5) is 5.69 Å². The minimum absolute atomic E-state index is 0.0332. The van der Waals surface area contributed by atoms with Crippen LogP contribution in [0.3, 0.4) is 0 Å².